The van der Waals surface area contributed by atoms with Gasteiger partial charge in [0.05, 0.1) is 0 Å². The summed E-state index contributed by atoms with van der Waals surface area (Å²) in [6, 6.07) is 5.19. The van der Waals surface area contributed by atoms with Gasteiger partial charge in [0.25, 0.3) is 0 Å². The lowest BCUT2D eigenvalue weighted by Gasteiger charge is -2.02. The number of carbonyl (C=O) groups excluding carboxylic acids is 1. The molecule has 0 bridgehead atoms. The zero-order valence-corrected chi connectivity index (χ0v) is 7.08. The molecule has 2 rings (SSSR count). The van der Waals surface area contributed by atoms with E-state index in [0.29, 0.717) is 6.42 Å². The summed E-state index contributed by atoms with van der Waals surface area (Å²) in [7, 11) is 0. The van der Waals surface area contributed by atoms with E-state index < -0.39 is 0 Å². The predicted molar refractivity (Wildman–Crippen MR) is 50.3 cm³/mol. The maximum absolute atomic E-state index is 11.3. The van der Waals surface area contributed by atoms with Crippen LogP contribution in [0.1, 0.15) is 33.9 Å². The van der Waals surface area contributed by atoms with E-state index in [1.54, 1.807) is 12.1 Å². The Balaban J connectivity index is 2.60. The molecular formula is C11H9NO. The maximum atomic E-state index is 11.3. The van der Waals surface area contributed by atoms with Crippen molar-refractivity contribution in [1.29, 1.82) is 0 Å². The number of benzene rings is 1. The topological polar surface area (TPSA) is 43.1 Å². The number of fused-ring (bicyclic) bond motifs is 1. The van der Waals surface area contributed by atoms with E-state index in [9.17, 15) is 4.79 Å². The normalized spacial score (nSPS) is 19.7. The van der Waals surface area contributed by atoms with Crippen molar-refractivity contribution in [2.75, 3.05) is 0 Å². The SMILES string of the molecule is C#Cc1ccc2c(c1)[C@H](N)CC2=O. The Morgan fingerprint density at radius 3 is 3.00 bits per heavy atom. The summed E-state index contributed by atoms with van der Waals surface area (Å²) in [6.45, 7) is 0. The minimum atomic E-state index is -0.171. The molecule has 0 unspecified atom stereocenters. The lowest BCUT2D eigenvalue weighted by atomic mass is 10.1. The van der Waals surface area contributed by atoms with Crippen LogP contribution in [-0.4, -0.2) is 5.78 Å². The molecule has 0 aromatic heterocycles. The van der Waals surface area contributed by atoms with Gasteiger partial charge in [-0.3, -0.25) is 4.79 Å². The molecule has 1 aliphatic carbocycles. The Bertz CT molecular complexity index is 415. The summed E-state index contributed by atoms with van der Waals surface area (Å²) >= 11 is 0. The van der Waals surface area contributed by atoms with E-state index in [2.05, 4.69) is 5.92 Å². The van der Waals surface area contributed by atoms with E-state index in [-0.39, 0.29) is 11.8 Å². The maximum Gasteiger partial charge on any atom is 0.165 e. The Morgan fingerprint density at radius 1 is 1.54 bits per heavy atom. The quantitative estimate of drug-likeness (QED) is 0.597. The Morgan fingerprint density at radius 2 is 2.31 bits per heavy atom. The first-order valence-corrected chi connectivity index (χ1v) is 4.11. The monoisotopic (exact) mass is 171 g/mol. The lowest BCUT2D eigenvalue weighted by Crippen LogP contribution is -2.05. The molecule has 1 aromatic carbocycles. The number of ketones is 1. The van der Waals surface area contributed by atoms with Gasteiger partial charge in [-0.25, -0.2) is 0 Å². The Labute approximate surface area is 76.8 Å². The number of hydrogen-bond acceptors (Lipinski definition) is 2. The van der Waals surface area contributed by atoms with Gasteiger partial charge < -0.3 is 5.73 Å². The molecule has 0 heterocycles. The van der Waals surface area contributed by atoms with E-state index in [1.807, 2.05) is 6.07 Å². The van der Waals surface area contributed by atoms with Crippen LogP contribution in [-0.2, 0) is 0 Å². The Kier molecular flexibility index (Phi) is 1.68. The van der Waals surface area contributed by atoms with Gasteiger partial charge in [0.15, 0.2) is 5.78 Å². The molecule has 1 atom stereocenters. The average Bonchev–Trinajstić information content (AvgIpc) is 2.42. The molecule has 0 saturated carbocycles. The first-order chi connectivity index (χ1) is 6.22. The van der Waals surface area contributed by atoms with Crippen LogP contribution in [0.25, 0.3) is 0 Å². The minimum absolute atomic E-state index is 0.117. The van der Waals surface area contributed by atoms with Gasteiger partial charge in [-0.15, -0.1) is 6.42 Å². The van der Waals surface area contributed by atoms with Crippen molar-refractivity contribution >= 4 is 5.78 Å². The fraction of sp³-hybridized carbons (Fsp3) is 0.182. The van der Waals surface area contributed by atoms with E-state index >= 15 is 0 Å². The van der Waals surface area contributed by atoms with Gasteiger partial charge in [0.2, 0.25) is 0 Å². The van der Waals surface area contributed by atoms with Crippen LogP contribution in [0.2, 0.25) is 0 Å². The van der Waals surface area contributed by atoms with Crippen LogP contribution in [0.4, 0.5) is 0 Å². The zero-order valence-electron chi connectivity index (χ0n) is 7.08. The van der Waals surface area contributed by atoms with E-state index in [1.165, 1.54) is 0 Å². The van der Waals surface area contributed by atoms with Crippen molar-refractivity contribution in [2.45, 2.75) is 12.5 Å². The third-order valence-electron chi connectivity index (χ3n) is 2.32. The number of Topliss-reactive ketones (excluding diaryl/α,β-unsaturated/α-hetero) is 1. The van der Waals surface area contributed by atoms with E-state index in [0.717, 1.165) is 16.7 Å². The van der Waals surface area contributed by atoms with Gasteiger partial charge in [0.1, 0.15) is 0 Å². The zero-order chi connectivity index (χ0) is 9.42. The van der Waals surface area contributed by atoms with Crippen LogP contribution in [0.3, 0.4) is 0 Å². The smallest absolute Gasteiger partial charge is 0.165 e. The van der Waals surface area contributed by atoms with Crippen molar-refractivity contribution in [2.24, 2.45) is 5.73 Å². The summed E-state index contributed by atoms with van der Waals surface area (Å²) in [4.78, 5) is 11.3. The summed E-state index contributed by atoms with van der Waals surface area (Å²) in [5.74, 6) is 2.64. The van der Waals surface area contributed by atoms with Gasteiger partial charge in [0, 0.05) is 23.6 Å². The van der Waals surface area contributed by atoms with Gasteiger partial charge in [-0.1, -0.05) is 5.92 Å². The second kappa shape index (κ2) is 2.72. The highest BCUT2D eigenvalue weighted by Gasteiger charge is 2.26. The Hall–Kier alpha value is -1.59. The fourth-order valence-electron chi connectivity index (χ4n) is 1.63. The summed E-state index contributed by atoms with van der Waals surface area (Å²) in [5, 5.41) is 0. The third-order valence-corrected chi connectivity index (χ3v) is 2.32. The van der Waals surface area contributed by atoms with Crippen LogP contribution >= 0.6 is 0 Å². The predicted octanol–water partition coefficient (Wildman–Crippen LogP) is 1.25. The first kappa shape index (κ1) is 8.03. The average molecular weight is 171 g/mol. The highest BCUT2D eigenvalue weighted by Crippen LogP contribution is 2.29. The van der Waals surface area contributed by atoms with E-state index in [4.69, 9.17) is 12.2 Å². The van der Waals surface area contributed by atoms with Crippen molar-refractivity contribution in [3.05, 3.63) is 34.9 Å². The molecule has 0 spiro atoms. The lowest BCUT2D eigenvalue weighted by molar-refractivity contribution is 0.0989. The second-order valence-corrected chi connectivity index (χ2v) is 3.18. The molecule has 13 heavy (non-hydrogen) atoms. The molecule has 2 heteroatoms. The van der Waals surface area contributed by atoms with Gasteiger partial charge in [-0.2, -0.15) is 0 Å². The van der Waals surface area contributed by atoms with Gasteiger partial charge >= 0.3 is 0 Å². The molecular weight excluding hydrogens is 162 g/mol. The summed E-state index contributed by atoms with van der Waals surface area (Å²) in [5.41, 5.74) is 8.17. The molecule has 0 amide bonds. The molecule has 2 nitrogen and oxygen atoms in total. The third kappa shape index (κ3) is 1.14. The van der Waals surface area contributed by atoms with Crippen molar-refractivity contribution in [1.82, 2.24) is 0 Å². The summed E-state index contributed by atoms with van der Waals surface area (Å²) < 4.78 is 0. The largest absolute Gasteiger partial charge is 0.324 e. The van der Waals surface area contributed by atoms with Crippen molar-refractivity contribution in [3.63, 3.8) is 0 Å². The first-order valence-electron chi connectivity index (χ1n) is 4.11. The molecule has 0 fully saturated rings. The number of rotatable bonds is 0. The van der Waals surface area contributed by atoms with Crippen molar-refractivity contribution < 1.29 is 4.79 Å². The summed E-state index contributed by atoms with van der Waals surface area (Å²) in [6.07, 6.45) is 5.65. The second-order valence-electron chi connectivity index (χ2n) is 3.18. The molecule has 0 radical (unpaired) electrons. The molecule has 1 aromatic rings. The highest BCUT2D eigenvalue weighted by molar-refractivity contribution is 6.01. The molecule has 0 saturated heterocycles. The fourth-order valence-corrected chi connectivity index (χ4v) is 1.63. The van der Waals surface area contributed by atoms with Crippen LogP contribution in [0, 0.1) is 12.3 Å². The number of hydrogen-bond donors (Lipinski definition) is 1. The van der Waals surface area contributed by atoms with Crippen LogP contribution in [0.15, 0.2) is 18.2 Å². The number of terminal acetylenes is 1. The van der Waals surface area contributed by atoms with Crippen molar-refractivity contribution in [3.8, 4) is 12.3 Å². The molecule has 64 valence electrons. The highest BCUT2D eigenvalue weighted by atomic mass is 16.1. The number of nitrogens with two attached hydrogens (primary N) is 1. The minimum Gasteiger partial charge on any atom is -0.324 e. The molecule has 1 aliphatic rings. The van der Waals surface area contributed by atoms with Crippen LogP contribution < -0.4 is 5.73 Å². The standard InChI is InChI=1S/C11H9NO/c1-2-7-3-4-8-9(5-7)10(12)6-11(8)13/h1,3-5,10H,6,12H2/t10-/m1/s1. The number of carbonyl (C=O) groups is 1. The molecule has 2 N–H and O–H groups in total. The van der Waals surface area contributed by atoms with Gasteiger partial charge in [-0.05, 0) is 23.8 Å². The molecule has 0 aliphatic heterocycles. The van der Waals surface area contributed by atoms with Crippen LogP contribution in [0.5, 0.6) is 0 Å².